The van der Waals surface area contributed by atoms with Crippen molar-refractivity contribution in [1.29, 1.82) is 0 Å². The van der Waals surface area contributed by atoms with Gasteiger partial charge in [-0.1, -0.05) is 48.5 Å². The molecule has 0 amide bonds. The summed E-state index contributed by atoms with van der Waals surface area (Å²) < 4.78 is 2.05. The fourth-order valence-electron chi connectivity index (χ4n) is 3.76. The SMILES string of the molecule is C=C(c1ccc(C)c(C)c1)c1ccc(C)cc1Cc1cnc2c(ccn2C)c1. The lowest BCUT2D eigenvalue weighted by atomic mass is 9.90. The molecule has 0 bridgehead atoms. The average Bonchev–Trinajstić information content (AvgIpc) is 3.04. The maximum atomic E-state index is 4.65. The molecule has 0 aliphatic rings. The van der Waals surface area contributed by atoms with Crippen molar-refractivity contribution in [3.63, 3.8) is 0 Å². The van der Waals surface area contributed by atoms with Crippen LogP contribution in [0.3, 0.4) is 0 Å². The molecule has 2 heterocycles. The molecule has 2 nitrogen and oxygen atoms in total. The van der Waals surface area contributed by atoms with Gasteiger partial charge < -0.3 is 4.57 Å². The summed E-state index contributed by atoms with van der Waals surface area (Å²) in [4.78, 5) is 4.65. The number of nitrogens with zero attached hydrogens (tertiary/aromatic N) is 2. The van der Waals surface area contributed by atoms with Crippen LogP contribution in [0.1, 0.15) is 38.9 Å². The summed E-state index contributed by atoms with van der Waals surface area (Å²) in [5, 5.41) is 1.18. The van der Waals surface area contributed by atoms with Gasteiger partial charge in [-0.25, -0.2) is 4.98 Å². The van der Waals surface area contributed by atoms with E-state index in [1.54, 1.807) is 0 Å². The fraction of sp³-hybridized carbons (Fsp3) is 0.192. The Balaban J connectivity index is 1.73. The van der Waals surface area contributed by atoms with E-state index in [4.69, 9.17) is 0 Å². The quantitative estimate of drug-likeness (QED) is 0.423. The molecule has 2 aromatic heterocycles. The molecule has 140 valence electrons. The summed E-state index contributed by atoms with van der Waals surface area (Å²) in [5.74, 6) is 0. The Labute approximate surface area is 167 Å². The first-order chi connectivity index (χ1) is 13.4. The van der Waals surface area contributed by atoms with E-state index in [0.717, 1.165) is 17.6 Å². The van der Waals surface area contributed by atoms with Crippen LogP contribution in [0.2, 0.25) is 0 Å². The largest absolute Gasteiger partial charge is 0.336 e. The Bertz CT molecular complexity index is 1190. The van der Waals surface area contributed by atoms with Crippen LogP contribution >= 0.6 is 0 Å². The van der Waals surface area contributed by atoms with E-state index in [1.165, 1.54) is 44.3 Å². The predicted molar refractivity (Wildman–Crippen MR) is 119 cm³/mol. The zero-order valence-corrected chi connectivity index (χ0v) is 17.1. The second-order valence-electron chi connectivity index (χ2n) is 7.80. The molecular formula is C26H26N2. The van der Waals surface area contributed by atoms with Crippen LogP contribution in [0.4, 0.5) is 0 Å². The van der Waals surface area contributed by atoms with E-state index >= 15 is 0 Å². The Kier molecular flexibility index (Phi) is 4.64. The highest BCUT2D eigenvalue weighted by Gasteiger charge is 2.11. The summed E-state index contributed by atoms with van der Waals surface area (Å²) in [6.45, 7) is 10.9. The lowest BCUT2D eigenvalue weighted by Crippen LogP contribution is -1.99. The molecule has 0 spiro atoms. The van der Waals surface area contributed by atoms with Gasteiger partial charge in [-0.05, 0) is 78.3 Å². The maximum absolute atomic E-state index is 4.65. The van der Waals surface area contributed by atoms with E-state index in [2.05, 4.69) is 91.6 Å². The maximum Gasteiger partial charge on any atom is 0.139 e. The van der Waals surface area contributed by atoms with Gasteiger partial charge in [0, 0.05) is 24.8 Å². The van der Waals surface area contributed by atoms with Crippen molar-refractivity contribution in [2.24, 2.45) is 7.05 Å². The van der Waals surface area contributed by atoms with Crippen LogP contribution in [0.15, 0.2) is 67.5 Å². The van der Waals surface area contributed by atoms with Gasteiger partial charge in [-0.15, -0.1) is 0 Å². The minimum atomic E-state index is 0.846. The van der Waals surface area contributed by atoms with Crippen molar-refractivity contribution in [3.8, 4) is 0 Å². The summed E-state index contributed by atoms with van der Waals surface area (Å²) in [6.07, 6.45) is 4.90. The molecule has 0 N–H and O–H groups in total. The van der Waals surface area contributed by atoms with Crippen LogP contribution in [0.25, 0.3) is 16.6 Å². The minimum Gasteiger partial charge on any atom is -0.336 e. The van der Waals surface area contributed by atoms with E-state index in [9.17, 15) is 0 Å². The second kappa shape index (κ2) is 7.12. The van der Waals surface area contributed by atoms with Crippen LogP contribution < -0.4 is 0 Å². The number of fused-ring (bicyclic) bond motifs is 1. The third-order valence-corrected chi connectivity index (χ3v) is 5.60. The van der Waals surface area contributed by atoms with Crippen molar-refractivity contribution in [2.75, 3.05) is 0 Å². The van der Waals surface area contributed by atoms with Crippen LogP contribution in [-0.4, -0.2) is 9.55 Å². The molecule has 0 saturated heterocycles. The van der Waals surface area contributed by atoms with Crippen LogP contribution in [0.5, 0.6) is 0 Å². The van der Waals surface area contributed by atoms with Crippen molar-refractivity contribution >= 4 is 16.6 Å². The first-order valence-electron chi connectivity index (χ1n) is 9.69. The van der Waals surface area contributed by atoms with E-state index in [-0.39, 0.29) is 0 Å². The van der Waals surface area contributed by atoms with Gasteiger partial charge in [-0.2, -0.15) is 0 Å². The Morgan fingerprint density at radius 3 is 2.57 bits per heavy atom. The summed E-state index contributed by atoms with van der Waals surface area (Å²) in [5.41, 5.74) is 10.9. The topological polar surface area (TPSA) is 17.8 Å². The molecule has 2 aromatic carbocycles. The number of rotatable bonds is 4. The zero-order chi connectivity index (χ0) is 19.8. The zero-order valence-electron chi connectivity index (χ0n) is 17.1. The van der Waals surface area contributed by atoms with Crippen molar-refractivity contribution in [1.82, 2.24) is 9.55 Å². The van der Waals surface area contributed by atoms with Gasteiger partial charge in [0.25, 0.3) is 0 Å². The summed E-state index contributed by atoms with van der Waals surface area (Å²) in [7, 11) is 2.03. The van der Waals surface area contributed by atoms with Crippen molar-refractivity contribution in [3.05, 3.63) is 106 Å². The van der Waals surface area contributed by atoms with Gasteiger partial charge in [0.2, 0.25) is 0 Å². The summed E-state index contributed by atoms with van der Waals surface area (Å²) >= 11 is 0. The summed E-state index contributed by atoms with van der Waals surface area (Å²) in [6, 6.07) is 17.6. The molecule has 0 radical (unpaired) electrons. The number of aromatic nitrogens is 2. The van der Waals surface area contributed by atoms with Crippen molar-refractivity contribution in [2.45, 2.75) is 27.2 Å². The number of aryl methyl sites for hydroxylation is 4. The highest BCUT2D eigenvalue weighted by Crippen LogP contribution is 2.29. The smallest absolute Gasteiger partial charge is 0.139 e. The molecule has 28 heavy (non-hydrogen) atoms. The lowest BCUT2D eigenvalue weighted by molar-refractivity contribution is 0.946. The fourth-order valence-corrected chi connectivity index (χ4v) is 3.76. The first kappa shape index (κ1) is 18.2. The highest BCUT2D eigenvalue weighted by atomic mass is 15.0. The molecular weight excluding hydrogens is 340 g/mol. The van der Waals surface area contributed by atoms with Gasteiger partial charge in [0.1, 0.15) is 5.65 Å². The number of pyridine rings is 1. The molecule has 4 rings (SSSR count). The molecule has 0 fully saturated rings. The molecule has 2 heteroatoms. The standard InChI is InChI=1S/C26H26N2/c1-17-6-9-25(20(4)22-8-7-18(2)19(3)13-22)24(12-17)15-21-14-23-10-11-28(5)26(23)27-16-21/h6-14,16H,4,15H2,1-3,5H3. The van der Waals surface area contributed by atoms with Gasteiger partial charge in [-0.3, -0.25) is 0 Å². The predicted octanol–water partition coefficient (Wildman–Crippen LogP) is 6.15. The van der Waals surface area contributed by atoms with Gasteiger partial charge >= 0.3 is 0 Å². The molecule has 0 aliphatic heterocycles. The third-order valence-electron chi connectivity index (χ3n) is 5.60. The van der Waals surface area contributed by atoms with Gasteiger partial charge in [0.05, 0.1) is 0 Å². The van der Waals surface area contributed by atoms with Crippen LogP contribution in [0, 0.1) is 20.8 Å². The molecule has 0 saturated carbocycles. The number of hydrogen-bond donors (Lipinski definition) is 0. The second-order valence-corrected chi connectivity index (χ2v) is 7.80. The average molecular weight is 367 g/mol. The normalized spacial score (nSPS) is 11.1. The lowest BCUT2D eigenvalue weighted by Gasteiger charge is -2.15. The van der Waals surface area contributed by atoms with Crippen molar-refractivity contribution < 1.29 is 0 Å². The Hall–Kier alpha value is -3.13. The monoisotopic (exact) mass is 366 g/mol. The Morgan fingerprint density at radius 1 is 0.964 bits per heavy atom. The number of benzene rings is 2. The molecule has 0 atom stereocenters. The molecule has 0 aliphatic carbocycles. The molecule has 4 aromatic rings. The Morgan fingerprint density at radius 2 is 1.79 bits per heavy atom. The first-order valence-corrected chi connectivity index (χ1v) is 9.69. The van der Waals surface area contributed by atoms with E-state index < -0.39 is 0 Å². The van der Waals surface area contributed by atoms with E-state index in [1.807, 2.05) is 13.2 Å². The third kappa shape index (κ3) is 3.38. The minimum absolute atomic E-state index is 0.846. The highest BCUT2D eigenvalue weighted by molar-refractivity contribution is 5.81. The van der Waals surface area contributed by atoms with Crippen LogP contribution in [-0.2, 0) is 13.5 Å². The van der Waals surface area contributed by atoms with E-state index in [0.29, 0.717) is 0 Å². The van der Waals surface area contributed by atoms with Gasteiger partial charge in [0.15, 0.2) is 0 Å². The number of hydrogen-bond acceptors (Lipinski definition) is 1. The molecule has 0 unspecified atom stereocenters.